The Labute approximate surface area is 176 Å². The van der Waals surface area contributed by atoms with Crippen LogP contribution in [-0.2, 0) is 0 Å². The van der Waals surface area contributed by atoms with Gasteiger partial charge in [0.2, 0.25) is 0 Å². The van der Waals surface area contributed by atoms with Crippen LogP contribution < -0.4 is 10.1 Å². The highest BCUT2D eigenvalue weighted by atomic mass is 35.5. The van der Waals surface area contributed by atoms with Gasteiger partial charge in [-0.05, 0) is 69.7 Å². The summed E-state index contributed by atoms with van der Waals surface area (Å²) in [6.07, 6.45) is 2.29. The molecule has 156 valence electrons. The number of rotatable bonds is 9. The van der Waals surface area contributed by atoms with Gasteiger partial charge in [0.25, 0.3) is 5.91 Å². The molecule has 0 bridgehead atoms. The molecular weight excluding hydrogens is 385 g/mol. The molecule has 1 N–H and O–H groups in total. The quantitative estimate of drug-likeness (QED) is 0.666. The maximum Gasteiger partial charge on any atom is 0.253 e. The summed E-state index contributed by atoms with van der Waals surface area (Å²) in [6, 6.07) is 7.59. The SMILES string of the molecule is CCN(CC)CCOc1ccc(C(=O)N2CCCC(CNC)C2)cc1.Cl.Cl. The number of likely N-dealkylation sites (N-methyl/N-ethyl adjacent to an activating group) is 1. The Morgan fingerprint density at radius 3 is 2.48 bits per heavy atom. The first-order valence-corrected chi connectivity index (χ1v) is 9.57. The predicted molar refractivity (Wildman–Crippen MR) is 117 cm³/mol. The maximum atomic E-state index is 12.7. The van der Waals surface area contributed by atoms with Gasteiger partial charge in [-0.2, -0.15) is 0 Å². The zero-order chi connectivity index (χ0) is 18.1. The number of likely N-dealkylation sites (tertiary alicyclic amines) is 1. The molecule has 1 fully saturated rings. The third kappa shape index (κ3) is 8.26. The maximum absolute atomic E-state index is 12.7. The molecule has 0 aromatic heterocycles. The van der Waals surface area contributed by atoms with Crippen molar-refractivity contribution in [1.29, 1.82) is 0 Å². The van der Waals surface area contributed by atoms with E-state index in [1.165, 1.54) is 6.42 Å². The molecule has 1 saturated heterocycles. The van der Waals surface area contributed by atoms with Gasteiger partial charge < -0.3 is 19.9 Å². The van der Waals surface area contributed by atoms with E-state index < -0.39 is 0 Å². The van der Waals surface area contributed by atoms with Crippen molar-refractivity contribution < 1.29 is 9.53 Å². The molecule has 1 atom stereocenters. The van der Waals surface area contributed by atoms with Crippen LogP contribution in [0.4, 0.5) is 0 Å². The van der Waals surface area contributed by atoms with E-state index in [9.17, 15) is 4.79 Å². The summed E-state index contributed by atoms with van der Waals surface area (Å²) in [5.74, 6) is 1.52. The first-order chi connectivity index (χ1) is 12.2. The summed E-state index contributed by atoms with van der Waals surface area (Å²) < 4.78 is 5.79. The summed E-state index contributed by atoms with van der Waals surface area (Å²) in [4.78, 5) is 17.0. The fraction of sp³-hybridized carbons (Fsp3) is 0.650. The summed E-state index contributed by atoms with van der Waals surface area (Å²) >= 11 is 0. The van der Waals surface area contributed by atoms with E-state index in [0.29, 0.717) is 12.5 Å². The topological polar surface area (TPSA) is 44.8 Å². The highest BCUT2D eigenvalue weighted by Crippen LogP contribution is 2.19. The van der Waals surface area contributed by atoms with Crippen LogP contribution in [0.1, 0.15) is 37.0 Å². The van der Waals surface area contributed by atoms with Crippen molar-refractivity contribution in [3.05, 3.63) is 29.8 Å². The second kappa shape index (κ2) is 14.1. The van der Waals surface area contributed by atoms with Crippen molar-refractivity contribution in [2.45, 2.75) is 26.7 Å². The van der Waals surface area contributed by atoms with E-state index in [1.807, 2.05) is 36.2 Å². The highest BCUT2D eigenvalue weighted by Gasteiger charge is 2.24. The summed E-state index contributed by atoms with van der Waals surface area (Å²) in [7, 11) is 1.97. The molecule has 5 nitrogen and oxygen atoms in total. The second-order valence-electron chi connectivity index (χ2n) is 6.72. The molecule has 1 aromatic rings. The number of nitrogens with zero attached hydrogens (tertiary/aromatic N) is 2. The van der Waals surface area contributed by atoms with E-state index in [0.717, 1.165) is 57.0 Å². The van der Waals surface area contributed by atoms with Gasteiger partial charge in [-0.3, -0.25) is 4.79 Å². The monoisotopic (exact) mass is 419 g/mol. The number of amides is 1. The third-order valence-corrected chi connectivity index (χ3v) is 4.97. The number of halogens is 2. The van der Waals surface area contributed by atoms with Crippen molar-refractivity contribution in [3.63, 3.8) is 0 Å². The Hall–Kier alpha value is -1.01. The summed E-state index contributed by atoms with van der Waals surface area (Å²) in [5, 5.41) is 3.22. The molecule has 7 heteroatoms. The molecule has 0 spiro atoms. The lowest BCUT2D eigenvalue weighted by Crippen LogP contribution is -2.42. The molecule has 1 aliphatic heterocycles. The first kappa shape index (κ1) is 26.0. The van der Waals surface area contributed by atoms with Crippen LogP contribution in [0.3, 0.4) is 0 Å². The largest absolute Gasteiger partial charge is 0.492 e. The van der Waals surface area contributed by atoms with Gasteiger partial charge in [-0.1, -0.05) is 13.8 Å². The minimum atomic E-state index is 0. The van der Waals surface area contributed by atoms with Crippen LogP contribution in [-0.4, -0.2) is 68.6 Å². The van der Waals surface area contributed by atoms with Crippen LogP contribution in [0.15, 0.2) is 24.3 Å². The smallest absolute Gasteiger partial charge is 0.253 e. The van der Waals surface area contributed by atoms with Gasteiger partial charge in [0.05, 0.1) is 0 Å². The normalized spacial score (nSPS) is 16.4. The van der Waals surface area contributed by atoms with Gasteiger partial charge in [0.15, 0.2) is 0 Å². The molecule has 1 aromatic carbocycles. The van der Waals surface area contributed by atoms with E-state index in [1.54, 1.807) is 0 Å². The van der Waals surface area contributed by atoms with E-state index >= 15 is 0 Å². The minimum absolute atomic E-state index is 0. The predicted octanol–water partition coefficient (Wildman–Crippen LogP) is 3.32. The van der Waals surface area contributed by atoms with Gasteiger partial charge in [0, 0.05) is 25.2 Å². The number of benzene rings is 1. The second-order valence-corrected chi connectivity index (χ2v) is 6.72. The molecule has 1 aliphatic rings. The van der Waals surface area contributed by atoms with Crippen LogP contribution in [0.25, 0.3) is 0 Å². The van der Waals surface area contributed by atoms with E-state index in [2.05, 4.69) is 24.1 Å². The van der Waals surface area contributed by atoms with Crippen LogP contribution in [0, 0.1) is 5.92 Å². The van der Waals surface area contributed by atoms with Gasteiger partial charge in [0.1, 0.15) is 12.4 Å². The Morgan fingerprint density at radius 1 is 1.22 bits per heavy atom. The Kier molecular flexibility index (Phi) is 13.5. The lowest BCUT2D eigenvalue weighted by Gasteiger charge is -2.32. The standard InChI is InChI=1S/C20H33N3O2.2ClH/c1-4-22(5-2)13-14-25-19-10-8-18(9-11-19)20(24)23-12-6-7-17(16-23)15-21-3;;/h8-11,17,21H,4-7,12-16H2,1-3H3;2*1H. The number of hydrogen-bond acceptors (Lipinski definition) is 4. The average molecular weight is 420 g/mol. The summed E-state index contributed by atoms with van der Waals surface area (Å²) in [5.41, 5.74) is 0.751. The molecular formula is C20H35Cl2N3O2. The number of hydrogen-bond donors (Lipinski definition) is 1. The van der Waals surface area contributed by atoms with Crippen LogP contribution in [0.2, 0.25) is 0 Å². The Morgan fingerprint density at radius 2 is 1.89 bits per heavy atom. The molecule has 1 amide bonds. The molecule has 0 aliphatic carbocycles. The Balaban J connectivity index is 0.00000338. The van der Waals surface area contributed by atoms with Gasteiger partial charge in [-0.15, -0.1) is 24.8 Å². The first-order valence-electron chi connectivity index (χ1n) is 9.57. The molecule has 27 heavy (non-hydrogen) atoms. The van der Waals surface area contributed by atoms with Crippen LogP contribution in [0.5, 0.6) is 5.75 Å². The number of piperidine rings is 1. The van der Waals surface area contributed by atoms with Crippen molar-refractivity contribution in [2.24, 2.45) is 5.92 Å². The molecule has 1 heterocycles. The van der Waals surface area contributed by atoms with Crippen molar-refractivity contribution in [2.75, 3.05) is 52.9 Å². The highest BCUT2D eigenvalue weighted by molar-refractivity contribution is 5.94. The van der Waals surface area contributed by atoms with Crippen molar-refractivity contribution in [3.8, 4) is 5.75 Å². The van der Waals surface area contributed by atoms with E-state index in [4.69, 9.17) is 4.74 Å². The fourth-order valence-electron chi connectivity index (χ4n) is 3.41. The van der Waals surface area contributed by atoms with E-state index in [-0.39, 0.29) is 30.7 Å². The van der Waals surface area contributed by atoms with Crippen molar-refractivity contribution >= 4 is 30.7 Å². The van der Waals surface area contributed by atoms with Gasteiger partial charge >= 0.3 is 0 Å². The lowest BCUT2D eigenvalue weighted by atomic mass is 9.97. The van der Waals surface area contributed by atoms with Crippen molar-refractivity contribution in [1.82, 2.24) is 15.1 Å². The molecule has 0 radical (unpaired) electrons. The average Bonchev–Trinajstić information content (AvgIpc) is 2.66. The Bertz CT molecular complexity index is 522. The molecule has 2 rings (SSSR count). The number of ether oxygens (including phenoxy) is 1. The minimum Gasteiger partial charge on any atom is -0.492 e. The fourth-order valence-corrected chi connectivity index (χ4v) is 3.41. The zero-order valence-electron chi connectivity index (χ0n) is 16.8. The number of carbonyl (C=O) groups is 1. The summed E-state index contributed by atoms with van der Waals surface area (Å²) in [6.45, 7) is 10.7. The zero-order valence-corrected chi connectivity index (χ0v) is 18.4. The van der Waals surface area contributed by atoms with Gasteiger partial charge in [-0.25, -0.2) is 0 Å². The number of carbonyl (C=O) groups excluding carboxylic acids is 1. The lowest BCUT2D eigenvalue weighted by molar-refractivity contribution is 0.0674. The number of nitrogens with one attached hydrogen (secondary N) is 1. The molecule has 0 saturated carbocycles. The van der Waals surface area contributed by atoms with Crippen LogP contribution >= 0.6 is 24.8 Å². The third-order valence-electron chi connectivity index (χ3n) is 4.97. The molecule has 1 unspecified atom stereocenters.